The van der Waals surface area contributed by atoms with E-state index in [0.29, 0.717) is 0 Å². The highest BCUT2D eigenvalue weighted by Crippen LogP contribution is 2.05. The fourth-order valence-corrected chi connectivity index (χ4v) is 1.82. The van der Waals surface area contributed by atoms with E-state index in [-0.39, 0.29) is 18.0 Å². The second-order valence-corrected chi connectivity index (χ2v) is 4.06. The second kappa shape index (κ2) is 4.45. The number of hydrogen-bond acceptors (Lipinski definition) is 2. The smallest absolute Gasteiger partial charge is 0.237 e. The Morgan fingerprint density at radius 1 is 1.33 bits per heavy atom. The summed E-state index contributed by atoms with van der Waals surface area (Å²) in [5, 5.41) is 6.20. The van der Waals surface area contributed by atoms with E-state index in [9.17, 15) is 4.79 Å². The van der Waals surface area contributed by atoms with Crippen molar-refractivity contribution in [1.29, 1.82) is 0 Å². The number of nitrogens with one attached hydrogen (secondary N) is 2. The van der Waals surface area contributed by atoms with Crippen LogP contribution in [0.4, 0.5) is 0 Å². The standard InChI is InChI=1S/C12H16N2O/c1-9-8-13-11(12(15)14-9)7-10-5-3-2-4-6-10/h2-6,9,11,13H,7-8H2,1H3,(H,14,15). The van der Waals surface area contributed by atoms with Gasteiger partial charge in [0.05, 0.1) is 6.04 Å². The molecule has 0 saturated carbocycles. The predicted molar refractivity (Wildman–Crippen MR) is 59.5 cm³/mol. The molecule has 0 radical (unpaired) electrons. The van der Waals surface area contributed by atoms with Crippen molar-refractivity contribution >= 4 is 5.91 Å². The molecule has 0 aromatic heterocycles. The lowest BCUT2D eigenvalue weighted by molar-refractivity contribution is -0.125. The first-order valence-electron chi connectivity index (χ1n) is 5.33. The summed E-state index contributed by atoms with van der Waals surface area (Å²) in [6, 6.07) is 10.2. The summed E-state index contributed by atoms with van der Waals surface area (Å²) in [5.74, 6) is 0.109. The summed E-state index contributed by atoms with van der Waals surface area (Å²) in [7, 11) is 0. The molecule has 3 heteroatoms. The van der Waals surface area contributed by atoms with Crippen molar-refractivity contribution in [2.24, 2.45) is 0 Å². The van der Waals surface area contributed by atoms with E-state index in [1.165, 1.54) is 5.56 Å². The Bertz CT molecular complexity index is 337. The first-order chi connectivity index (χ1) is 7.25. The number of piperazine rings is 1. The van der Waals surface area contributed by atoms with Crippen LogP contribution in [0.1, 0.15) is 12.5 Å². The van der Waals surface area contributed by atoms with Crippen LogP contribution in [0.5, 0.6) is 0 Å². The summed E-state index contributed by atoms with van der Waals surface area (Å²) in [5.41, 5.74) is 1.19. The van der Waals surface area contributed by atoms with Gasteiger partial charge in [-0.05, 0) is 18.9 Å². The highest BCUT2D eigenvalue weighted by Gasteiger charge is 2.24. The molecule has 1 aliphatic rings. The van der Waals surface area contributed by atoms with E-state index in [2.05, 4.69) is 10.6 Å². The molecule has 15 heavy (non-hydrogen) atoms. The number of carbonyl (C=O) groups is 1. The zero-order chi connectivity index (χ0) is 10.7. The van der Waals surface area contributed by atoms with Crippen LogP contribution < -0.4 is 10.6 Å². The fourth-order valence-electron chi connectivity index (χ4n) is 1.82. The van der Waals surface area contributed by atoms with E-state index < -0.39 is 0 Å². The topological polar surface area (TPSA) is 41.1 Å². The van der Waals surface area contributed by atoms with Crippen molar-refractivity contribution in [3.8, 4) is 0 Å². The Kier molecular flexibility index (Phi) is 3.02. The zero-order valence-electron chi connectivity index (χ0n) is 8.86. The number of amides is 1. The van der Waals surface area contributed by atoms with E-state index in [1.54, 1.807) is 0 Å². The summed E-state index contributed by atoms with van der Waals surface area (Å²) < 4.78 is 0. The monoisotopic (exact) mass is 204 g/mol. The van der Waals surface area contributed by atoms with Gasteiger partial charge in [0.15, 0.2) is 0 Å². The lowest BCUT2D eigenvalue weighted by atomic mass is 10.0. The number of rotatable bonds is 2. The van der Waals surface area contributed by atoms with Gasteiger partial charge in [-0.3, -0.25) is 4.79 Å². The molecule has 1 aliphatic heterocycles. The van der Waals surface area contributed by atoms with Gasteiger partial charge in [-0.1, -0.05) is 30.3 Å². The molecule has 1 saturated heterocycles. The van der Waals surface area contributed by atoms with E-state index in [0.717, 1.165) is 13.0 Å². The van der Waals surface area contributed by atoms with Crippen LogP contribution in [-0.4, -0.2) is 24.5 Å². The Morgan fingerprint density at radius 2 is 2.07 bits per heavy atom. The maximum absolute atomic E-state index is 11.6. The van der Waals surface area contributed by atoms with Gasteiger partial charge in [-0.15, -0.1) is 0 Å². The van der Waals surface area contributed by atoms with Crippen molar-refractivity contribution in [2.75, 3.05) is 6.54 Å². The van der Waals surface area contributed by atoms with Crippen molar-refractivity contribution in [3.63, 3.8) is 0 Å². The average molecular weight is 204 g/mol. The lowest BCUT2D eigenvalue weighted by Crippen LogP contribution is -2.57. The third kappa shape index (κ3) is 2.57. The van der Waals surface area contributed by atoms with Crippen LogP contribution in [0, 0.1) is 0 Å². The minimum Gasteiger partial charge on any atom is -0.351 e. The number of benzene rings is 1. The van der Waals surface area contributed by atoms with Gasteiger partial charge >= 0.3 is 0 Å². The second-order valence-electron chi connectivity index (χ2n) is 4.06. The van der Waals surface area contributed by atoms with Crippen molar-refractivity contribution in [2.45, 2.75) is 25.4 Å². The Morgan fingerprint density at radius 3 is 2.73 bits per heavy atom. The fraction of sp³-hybridized carbons (Fsp3) is 0.417. The molecule has 2 N–H and O–H groups in total. The highest BCUT2D eigenvalue weighted by molar-refractivity contribution is 5.83. The Balaban J connectivity index is 1.98. The molecular formula is C12H16N2O. The normalized spacial score (nSPS) is 26.1. The largest absolute Gasteiger partial charge is 0.351 e. The van der Waals surface area contributed by atoms with Gasteiger partial charge in [0, 0.05) is 12.6 Å². The van der Waals surface area contributed by atoms with Gasteiger partial charge in [0.25, 0.3) is 0 Å². The minimum atomic E-state index is -0.0800. The molecular weight excluding hydrogens is 188 g/mol. The molecule has 1 aromatic rings. The van der Waals surface area contributed by atoms with E-state index in [1.807, 2.05) is 37.3 Å². The zero-order valence-corrected chi connectivity index (χ0v) is 8.86. The number of hydrogen-bond donors (Lipinski definition) is 2. The van der Waals surface area contributed by atoms with Crippen LogP contribution in [0.25, 0.3) is 0 Å². The molecule has 1 heterocycles. The van der Waals surface area contributed by atoms with Crippen LogP contribution in [0.15, 0.2) is 30.3 Å². The van der Waals surface area contributed by atoms with Gasteiger partial charge < -0.3 is 10.6 Å². The molecule has 2 unspecified atom stereocenters. The Labute approximate surface area is 89.9 Å². The summed E-state index contributed by atoms with van der Waals surface area (Å²) in [6.45, 7) is 2.85. The number of carbonyl (C=O) groups excluding carboxylic acids is 1. The van der Waals surface area contributed by atoms with Crippen LogP contribution in [-0.2, 0) is 11.2 Å². The van der Waals surface area contributed by atoms with E-state index >= 15 is 0 Å². The quantitative estimate of drug-likeness (QED) is 0.744. The van der Waals surface area contributed by atoms with Crippen molar-refractivity contribution in [3.05, 3.63) is 35.9 Å². The molecule has 2 rings (SSSR count). The minimum absolute atomic E-state index is 0.0800. The van der Waals surface area contributed by atoms with Crippen LogP contribution in [0.2, 0.25) is 0 Å². The summed E-state index contributed by atoms with van der Waals surface area (Å²) >= 11 is 0. The third-order valence-electron chi connectivity index (χ3n) is 2.66. The van der Waals surface area contributed by atoms with Crippen molar-refractivity contribution in [1.82, 2.24) is 10.6 Å². The lowest BCUT2D eigenvalue weighted by Gasteiger charge is -2.28. The molecule has 80 valence electrons. The van der Waals surface area contributed by atoms with Crippen LogP contribution in [0.3, 0.4) is 0 Å². The first-order valence-corrected chi connectivity index (χ1v) is 5.33. The molecule has 1 amide bonds. The van der Waals surface area contributed by atoms with Crippen LogP contribution >= 0.6 is 0 Å². The molecule has 0 aliphatic carbocycles. The predicted octanol–water partition coefficient (Wildman–Crippen LogP) is 0.706. The third-order valence-corrected chi connectivity index (χ3v) is 2.66. The molecule has 0 bridgehead atoms. The SMILES string of the molecule is CC1CNC(Cc2ccccc2)C(=O)N1. The van der Waals surface area contributed by atoms with E-state index in [4.69, 9.17) is 0 Å². The van der Waals surface area contributed by atoms with Gasteiger partial charge in [-0.25, -0.2) is 0 Å². The van der Waals surface area contributed by atoms with Gasteiger partial charge in [0.2, 0.25) is 5.91 Å². The molecule has 0 spiro atoms. The molecule has 1 fully saturated rings. The summed E-state index contributed by atoms with van der Waals surface area (Å²) in [6.07, 6.45) is 0.763. The average Bonchev–Trinajstić information content (AvgIpc) is 2.24. The van der Waals surface area contributed by atoms with Gasteiger partial charge in [-0.2, -0.15) is 0 Å². The van der Waals surface area contributed by atoms with Crippen molar-refractivity contribution < 1.29 is 4.79 Å². The summed E-state index contributed by atoms with van der Waals surface area (Å²) in [4.78, 5) is 11.6. The molecule has 1 aromatic carbocycles. The Hall–Kier alpha value is -1.35. The molecule has 2 atom stereocenters. The highest BCUT2D eigenvalue weighted by atomic mass is 16.2. The maximum atomic E-state index is 11.6. The van der Waals surface area contributed by atoms with Gasteiger partial charge in [0.1, 0.15) is 0 Å². The molecule has 3 nitrogen and oxygen atoms in total. The first kappa shape index (κ1) is 10.2. The maximum Gasteiger partial charge on any atom is 0.237 e.